The van der Waals surface area contributed by atoms with Gasteiger partial charge in [0.15, 0.2) is 0 Å². The molecule has 0 amide bonds. The first-order valence-corrected chi connectivity index (χ1v) is 25.7. The molecule has 0 saturated carbocycles. The molecule has 0 spiro atoms. The maximum Gasteiger partial charge on any atom is 2.00 e. The van der Waals surface area contributed by atoms with Crippen LogP contribution >= 0.6 is 15.8 Å². The Morgan fingerprint density at radius 1 is 0.439 bits per heavy atom. The Morgan fingerprint density at radius 3 is 1.17 bits per heavy atom. The van der Waals surface area contributed by atoms with Gasteiger partial charge in [0.05, 0.1) is 10.1 Å². The molecule has 1 radical (unpaired) electrons. The van der Waals surface area contributed by atoms with Gasteiger partial charge in [-0.15, -0.1) is 12.7 Å². The van der Waals surface area contributed by atoms with Crippen molar-refractivity contribution in [3.8, 4) is 22.3 Å². The van der Waals surface area contributed by atoms with Crippen LogP contribution in [0.1, 0.15) is 0 Å². The fourth-order valence-corrected chi connectivity index (χ4v) is 13.0. The van der Waals surface area contributed by atoms with Crippen molar-refractivity contribution in [2.45, 2.75) is 0 Å². The molecular formula is C58H46NO3P2PdS. The van der Waals surface area contributed by atoms with E-state index in [0.29, 0.717) is 6.26 Å². The smallest absolute Gasteiger partial charge is 0.748 e. The molecule has 0 aromatic heterocycles. The van der Waals surface area contributed by atoms with E-state index in [-0.39, 0.29) is 20.4 Å². The first-order valence-electron chi connectivity index (χ1n) is 21.2. The number of hydrogen-bond donors (Lipinski definition) is 0. The van der Waals surface area contributed by atoms with Gasteiger partial charge in [0.2, 0.25) is 0 Å². The van der Waals surface area contributed by atoms with E-state index in [0.717, 1.165) is 16.8 Å². The third kappa shape index (κ3) is 11.7. The molecule has 0 fully saturated rings. The van der Waals surface area contributed by atoms with E-state index in [2.05, 4.69) is 212 Å². The molecule has 0 N–H and O–H groups in total. The number of fused-ring (bicyclic) bond motifs is 2. The quantitative estimate of drug-likeness (QED) is 0.0822. The second-order valence-corrected chi connectivity index (χ2v) is 20.9. The first-order chi connectivity index (χ1) is 31.8. The molecule has 0 bridgehead atoms. The van der Waals surface area contributed by atoms with Crippen molar-refractivity contribution in [2.75, 3.05) is 13.3 Å². The van der Waals surface area contributed by atoms with Crippen LogP contribution in [0.3, 0.4) is 0 Å². The van der Waals surface area contributed by atoms with Gasteiger partial charge in [-0.1, -0.05) is 243 Å². The van der Waals surface area contributed by atoms with Crippen LogP contribution in [0, 0.1) is 6.07 Å². The first kappa shape index (κ1) is 47.9. The molecule has 10 aromatic carbocycles. The third-order valence-corrected chi connectivity index (χ3v) is 15.7. The van der Waals surface area contributed by atoms with Gasteiger partial charge in [-0.05, 0) is 97.5 Å². The number of hydrogen-bond acceptors (Lipinski definition) is 3. The average Bonchev–Trinajstić information content (AvgIpc) is 3.35. The van der Waals surface area contributed by atoms with E-state index in [1.165, 1.54) is 64.5 Å². The molecule has 0 atom stereocenters. The zero-order valence-electron chi connectivity index (χ0n) is 36.4. The van der Waals surface area contributed by atoms with Crippen molar-refractivity contribution >= 4 is 85.0 Å². The Bertz CT molecular complexity index is 2980. The van der Waals surface area contributed by atoms with Crippen LogP contribution in [0.2, 0.25) is 0 Å². The summed E-state index contributed by atoms with van der Waals surface area (Å²) in [4.78, 5) is 0. The van der Waals surface area contributed by atoms with Gasteiger partial charge in [0.1, 0.15) is 0 Å². The van der Waals surface area contributed by atoms with Crippen molar-refractivity contribution in [1.29, 1.82) is 0 Å². The standard InChI is InChI=1S/C44H32P2.C13H11N.CH4O3S.Pd/c1-5-19-35(20-6-1)45(36-21-7-2-8-22-36)41-31-29-33-17-13-15-27-39(33)43(41)44-40-28-16-14-18-34(40)30-32-42(44)46(37-23-9-3-10-24-37)38-25-11-4-12-26-38;1-14-13-10-6-5-9-12(13)11-7-3-2-4-8-11;1-5(2,3)4;/h1-32H;2-7,9-10H,1H3;1H3,(H,2,3,4);/q;-1;;+2/p-1. The number of rotatable bonds is 9. The summed E-state index contributed by atoms with van der Waals surface area (Å²) in [6.45, 7) is 0. The van der Waals surface area contributed by atoms with Crippen LogP contribution in [0.4, 0.5) is 5.69 Å². The van der Waals surface area contributed by atoms with E-state index in [9.17, 15) is 0 Å². The van der Waals surface area contributed by atoms with Gasteiger partial charge in [0.25, 0.3) is 0 Å². The fraction of sp³-hybridized carbons (Fsp3) is 0.0345. The largest absolute Gasteiger partial charge is 2.00 e. The number of benzene rings is 10. The van der Waals surface area contributed by atoms with Gasteiger partial charge in [-0.25, -0.2) is 8.42 Å². The van der Waals surface area contributed by atoms with Gasteiger partial charge in [-0.2, -0.15) is 0 Å². The molecule has 8 heteroatoms. The van der Waals surface area contributed by atoms with Gasteiger partial charge < -0.3 is 9.87 Å². The van der Waals surface area contributed by atoms with E-state index in [1.54, 1.807) is 0 Å². The Morgan fingerprint density at radius 2 is 0.788 bits per heavy atom. The Balaban J connectivity index is 0.000000270. The molecule has 327 valence electrons. The maximum absolute atomic E-state index is 9.08. The zero-order valence-corrected chi connectivity index (χ0v) is 40.5. The minimum absolute atomic E-state index is 0. The molecular weight excluding hydrogens is 959 g/mol. The molecule has 4 nitrogen and oxygen atoms in total. The topological polar surface area (TPSA) is 71.3 Å². The summed E-state index contributed by atoms with van der Waals surface area (Å²) in [5, 5.41) is 17.6. The second kappa shape index (κ2) is 22.9. The predicted octanol–water partition coefficient (Wildman–Crippen LogP) is 12.1. The summed E-state index contributed by atoms with van der Waals surface area (Å²) in [6, 6.07) is 91.1. The minimum atomic E-state index is -3.92. The van der Waals surface area contributed by atoms with Gasteiger partial charge in [-0.3, -0.25) is 0 Å². The van der Waals surface area contributed by atoms with E-state index in [4.69, 9.17) is 13.0 Å². The summed E-state index contributed by atoms with van der Waals surface area (Å²) >= 11 is 0. The van der Waals surface area contributed by atoms with Crippen molar-refractivity contribution in [1.82, 2.24) is 0 Å². The second-order valence-electron chi connectivity index (χ2n) is 15.1. The summed E-state index contributed by atoms with van der Waals surface area (Å²) in [5.74, 6) is 0. The minimum Gasteiger partial charge on any atom is -0.748 e. The van der Waals surface area contributed by atoms with E-state index in [1.807, 2.05) is 49.5 Å². The molecule has 10 rings (SSSR count). The monoisotopic (exact) mass is 1000 g/mol. The zero-order chi connectivity index (χ0) is 45.0. The Hall–Kier alpha value is -6.05. The molecule has 0 aliphatic carbocycles. The van der Waals surface area contributed by atoms with E-state index < -0.39 is 26.0 Å². The average molecular weight is 1010 g/mol. The fourth-order valence-electron chi connectivity index (χ4n) is 8.04. The number of para-hydroxylation sites is 1. The summed E-state index contributed by atoms with van der Waals surface area (Å²) < 4.78 is 27.2. The Labute approximate surface area is 405 Å². The van der Waals surface area contributed by atoms with Crippen molar-refractivity contribution in [2.24, 2.45) is 0 Å². The van der Waals surface area contributed by atoms with Crippen LogP contribution in [-0.4, -0.2) is 26.3 Å². The number of nitrogens with zero attached hydrogens (tertiary/aromatic N) is 1. The van der Waals surface area contributed by atoms with Crippen LogP contribution in [0.25, 0.3) is 49.1 Å². The van der Waals surface area contributed by atoms with Crippen molar-refractivity contribution in [3.05, 3.63) is 254 Å². The molecule has 66 heavy (non-hydrogen) atoms. The van der Waals surface area contributed by atoms with Crippen LogP contribution in [0.5, 0.6) is 0 Å². The van der Waals surface area contributed by atoms with Gasteiger partial charge in [0, 0.05) is 6.26 Å². The van der Waals surface area contributed by atoms with E-state index >= 15 is 0 Å². The molecule has 0 aliphatic rings. The van der Waals surface area contributed by atoms with Crippen molar-refractivity contribution < 1.29 is 33.4 Å². The molecule has 0 unspecified atom stereocenters. The molecule has 0 saturated heterocycles. The normalized spacial score (nSPS) is 10.9. The maximum atomic E-state index is 9.08. The molecule has 0 aliphatic heterocycles. The Kier molecular flexibility index (Phi) is 16.6. The predicted molar refractivity (Wildman–Crippen MR) is 280 cm³/mol. The summed E-state index contributed by atoms with van der Waals surface area (Å²) in [7, 11) is -3.81. The van der Waals surface area contributed by atoms with Crippen LogP contribution in [-0.2, 0) is 30.5 Å². The van der Waals surface area contributed by atoms with Crippen molar-refractivity contribution in [3.63, 3.8) is 0 Å². The van der Waals surface area contributed by atoms with Crippen LogP contribution < -0.4 is 31.8 Å². The summed E-state index contributed by atoms with van der Waals surface area (Å²) in [5.41, 5.74) is 5.94. The SMILES string of the molecule is CS(=O)(=O)[O-].C[N-]c1ccccc1-c1[c]cccc1.[Pd+2].c1ccc(P(c2ccccc2)c2ccc3ccccc3c2-c2c(P(c3ccccc3)c3ccccc3)ccc3ccccc23)cc1. The molecule has 10 aromatic rings. The van der Waals surface area contributed by atoms with Gasteiger partial charge >= 0.3 is 20.4 Å². The molecule has 0 heterocycles. The third-order valence-electron chi connectivity index (χ3n) is 10.7. The summed E-state index contributed by atoms with van der Waals surface area (Å²) in [6.07, 6.45) is 0.604. The van der Waals surface area contributed by atoms with Crippen LogP contribution in [0.15, 0.2) is 243 Å².